The molecule has 3 rings (SSSR count). The van der Waals surface area contributed by atoms with Crippen LogP contribution in [0, 0.1) is 18.3 Å². The van der Waals surface area contributed by atoms with Crippen molar-refractivity contribution in [2.45, 2.75) is 26.7 Å². The molecule has 5 heteroatoms. The van der Waals surface area contributed by atoms with E-state index in [-0.39, 0.29) is 5.91 Å². The molecule has 2 aromatic rings. The molecule has 0 spiro atoms. The zero-order valence-corrected chi connectivity index (χ0v) is 14.3. The predicted molar refractivity (Wildman–Crippen MR) is 93.7 cm³/mol. The van der Waals surface area contributed by atoms with Crippen molar-refractivity contribution in [3.8, 4) is 6.07 Å². The molecule has 0 aliphatic carbocycles. The first kappa shape index (κ1) is 16.3. The van der Waals surface area contributed by atoms with Gasteiger partial charge in [-0.2, -0.15) is 5.26 Å². The highest BCUT2D eigenvalue weighted by atomic mass is 16.2. The number of H-pyrrole nitrogens is 1. The smallest absolute Gasteiger partial charge is 0.293 e. The third-order valence-corrected chi connectivity index (χ3v) is 4.60. The summed E-state index contributed by atoms with van der Waals surface area (Å²) in [4.78, 5) is 19.5. The fraction of sp³-hybridized carbons (Fsp3) is 0.421. The summed E-state index contributed by atoms with van der Waals surface area (Å²) >= 11 is 0. The van der Waals surface area contributed by atoms with E-state index in [4.69, 9.17) is 0 Å². The van der Waals surface area contributed by atoms with Crippen LogP contribution in [0.1, 0.15) is 30.9 Å². The number of aromatic nitrogens is 1. The molecule has 0 radical (unpaired) electrons. The van der Waals surface area contributed by atoms with E-state index < -0.39 is 0 Å². The highest BCUT2D eigenvalue weighted by Crippen LogP contribution is 2.21. The van der Waals surface area contributed by atoms with Crippen molar-refractivity contribution >= 4 is 22.6 Å². The van der Waals surface area contributed by atoms with E-state index in [0.29, 0.717) is 18.5 Å². The number of nitrogens with one attached hydrogen (secondary N) is 1. The summed E-state index contributed by atoms with van der Waals surface area (Å²) in [6.45, 7) is 7.04. The first-order valence-electron chi connectivity index (χ1n) is 8.52. The van der Waals surface area contributed by atoms with E-state index in [0.717, 1.165) is 42.8 Å². The Hall–Kier alpha value is -2.61. The van der Waals surface area contributed by atoms with Crippen LogP contribution in [0.15, 0.2) is 24.3 Å². The molecule has 124 valence electrons. The number of benzene rings is 1. The number of anilines is 1. The Balaban J connectivity index is 1.93. The van der Waals surface area contributed by atoms with Gasteiger partial charge in [-0.05, 0) is 24.6 Å². The molecule has 2 heterocycles. The Morgan fingerprint density at radius 2 is 2.08 bits per heavy atom. The third kappa shape index (κ3) is 3.18. The zero-order chi connectivity index (χ0) is 17.1. The topological polar surface area (TPSA) is 61.5 Å². The predicted octanol–water partition coefficient (Wildman–Crippen LogP) is 2.28. The maximum atomic E-state index is 11.9. The average Bonchev–Trinajstić information content (AvgIpc) is 2.85. The summed E-state index contributed by atoms with van der Waals surface area (Å²) in [5, 5.41) is 10.6. The van der Waals surface area contributed by atoms with Crippen LogP contribution < -0.4 is 9.88 Å². The molecular formula is C19H23N4O+. The second-order valence-corrected chi connectivity index (χ2v) is 6.31. The van der Waals surface area contributed by atoms with Crippen LogP contribution in [0.4, 0.5) is 5.82 Å². The number of nitriles is 1. The van der Waals surface area contributed by atoms with Gasteiger partial charge in [-0.15, -0.1) is 0 Å². The lowest BCUT2D eigenvalue weighted by atomic mass is 10.1. The summed E-state index contributed by atoms with van der Waals surface area (Å²) < 4.78 is 0. The molecule has 0 bridgehead atoms. The molecule has 24 heavy (non-hydrogen) atoms. The largest absolute Gasteiger partial charge is 0.339 e. The van der Waals surface area contributed by atoms with Crippen LogP contribution in [0.5, 0.6) is 0 Å². The number of fused-ring (bicyclic) bond motifs is 1. The summed E-state index contributed by atoms with van der Waals surface area (Å²) in [5.41, 5.74) is 2.88. The van der Waals surface area contributed by atoms with Gasteiger partial charge in [-0.3, -0.25) is 9.69 Å². The maximum Gasteiger partial charge on any atom is 0.293 e. The Morgan fingerprint density at radius 1 is 1.25 bits per heavy atom. The number of hydrogen-bond acceptors (Lipinski definition) is 3. The van der Waals surface area contributed by atoms with Gasteiger partial charge in [0, 0.05) is 24.8 Å². The van der Waals surface area contributed by atoms with Crippen molar-refractivity contribution in [1.82, 2.24) is 4.90 Å². The highest BCUT2D eigenvalue weighted by Gasteiger charge is 2.26. The van der Waals surface area contributed by atoms with E-state index in [1.54, 1.807) is 0 Å². The van der Waals surface area contributed by atoms with Crippen LogP contribution in [-0.2, 0) is 4.79 Å². The molecular weight excluding hydrogens is 300 g/mol. The fourth-order valence-electron chi connectivity index (χ4n) is 3.27. The lowest BCUT2D eigenvalue weighted by molar-refractivity contribution is -0.330. The molecule has 1 aromatic heterocycles. The molecule has 1 N–H and O–H groups in total. The van der Waals surface area contributed by atoms with Gasteiger partial charge in [-0.25, -0.2) is 4.98 Å². The second-order valence-electron chi connectivity index (χ2n) is 6.31. The number of amides is 1. The minimum absolute atomic E-state index is 0.204. The number of hydrogen-bond donors (Lipinski definition) is 0. The Labute approximate surface area is 142 Å². The standard InChI is InChI=1S/C19H22N4O/c1-3-18(24)22-7-4-8-23(10-9-22)19-16(13-20)12-15-6-5-14(2)11-17(15)21-19/h5-6,11-12H,3-4,7-10H2,1-2H3/p+1. The summed E-state index contributed by atoms with van der Waals surface area (Å²) in [5.74, 6) is 1.07. The summed E-state index contributed by atoms with van der Waals surface area (Å²) in [6, 6.07) is 10.4. The van der Waals surface area contributed by atoms with Crippen molar-refractivity contribution in [1.29, 1.82) is 5.26 Å². The molecule has 1 fully saturated rings. The van der Waals surface area contributed by atoms with E-state index >= 15 is 0 Å². The van der Waals surface area contributed by atoms with Crippen molar-refractivity contribution in [2.75, 3.05) is 31.1 Å². The molecule has 0 unspecified atom stereocenters. The van der Waals surface area contributed by atoms with E-state index in [9.17, 15) is 10.1 Å². The lowest BCUT2D eigenvalue weighted by Crippen LogP contribution is -2.36. The summed E-state index contributed by atoms with van der Waals surface area (Å²) in [6.07, 6.45) is 1.46. The molecule has 0 saturated carbocycles. The quantitative estimate of drug-likeness (QED) is 0.852. The Bertz CT molecular complexity index is 809. The number of aromatic amines is 1. The van der Waals surface area contributed by atoms with Crippen LogP contribution >= 0.6 is 0 Å². The number of carbonyl (C=O) groups is 1. The molecule has 1 saturated heterocycles. The minimum atomic E-state index is 0.204. The monoisotopic (exact) mass is 323 g/mol. The number of rotatable bonds is 2. The van der Waals surface area contributed by atoms with Crippen LogP contribution in [-0.4, -0.2) is 37.0 Å². The summed E-state index contributed by atoms with van der Waals surface area (Å²) in [7, 11) is 0. The zero-order valence-electron chi connectivity index (χ0n) is 14.3. The Kier molecular flexibility index (Phi) is 4.66. The van der Waals surface area contributed by atoms with Crippen LogP contribution in [0.3, 0.4) is 0 Å². The second kappa shape index (κ2) is 6.88. The normalized spacial score (nSPS) is 15.2. The molecule has 1 aliphatic heterocycles. The minimum Gasteiger partial charge on any atom is -0.339 e. The third-order valence-electron chi connectivity index (χ3n) is 4.60. The van der Waals surface area contributed by atoms with Crippen LogP contribution in [0.2, 0.25) is 0 Å². The van der Waals surface area contributed by atoms with Gasteiger partial charge >= 0.3 is 0 Å². The molecule has 1 amide bonds. The molecule has 1 aromatic carbocycles. The van der Waals surface area contributed by atoms with E-state index in [2.05, 4.69) is 35.0 Å². The average molecular weight is 323 g/mol. The lowest BCUT2D eigenvalue weighted by Gasteiger charge is -2.19. The molecule has 5 nitrogen and oxygen atoms in total. The fourth-order valence-corrected chi connectivity index (χ4v) is 3.27. The SMILES string of the molecule is CCC(=O)N1CCCN(c2[nH+]c3cc(C)ccc3cc2C#N)CC1. The van der Waals surface area contributed by atoms with E-state index in [1.165, 1.54) is 5.56 Å². The van der Waals surface area contributed by atoms with Crippen molar-refractivity contribution < 1.29 is 9.78 Å². The van der Waals surface area contributed by atoms with Gasteiger partial charge in [0.05, 0.1) is 13.1 Å². The number of carbonyl (C=O) groups excluding carboxylic acids is 1. The maximum absolute atomic E-state index is 11.9. The van der Waals surface area contributed by atoms with Gasteiger partial charge < -0.3 is 4.90 Å². The van der Waals surface area contributed by atoms with E-state index in [1.807, 2.05) is 24.0 Å². The van der Waals surface area contributed by atoms with Crippen molar-refractivity contribution in [3.05, 3.63) is 35.4 Å². The van der Waals surface area contributed by atoms with Crippen molar-refractivity contribution in [2.24, 2.45) is 0 Å². The molecule has 0 atom stereocenters. The number of pyridine rings is 1. The highest BCUT2D eigenvalue weighted by molar-refractivity contribution is 5.79. The van der Waals surface area contributed by atoms with Gasteiger partial charge in [0.1, 0.15) is 23.7 Å². The van der Waals surface area contributed by atoms with Crippen molar-refractivity contribution in [3.63, 3.8) is 0 Å². The van der Waals surface area contributed by atoms with Gasteiger partial charge in [0.2, 0.25) is 5.91 Å². The van der Waals surface area contributed by atoms with Crippen LogP contribution in [0.25, 0.3) is 10.9 Å². The van der Waals surface area contributed by atoms with Gasteiger partial charge in [-0.1, -0.05) is 19.1 Å². The molecule has 1 aliphatic rings. The first-order chi connectivity index (χ1) is 11.6. The first-order valence-corrected chi connectivity index (χ1v) is 8.52. The number of nitrogens with zero attached hydrogens (tertiary/aromatic N) is 3. The van der Waals surface area contributed by atoms with Gasteiger partial charge in [0.25, 0.3) is 5.82 Å². The van der Waals surface area contributed by atoms with Gasteiger partial charge in [0.15, 0.2) is 0 Å². The number of aryl methyl sites for hydroxylation is 1. The Morgan fingerprint density at radius 3 is 2.83 bits per heavy atom.